The third-order valence-corrected chi connectivity index (χ3v) is 3.73. The van der Waals surface area contributed by atoms with Gasteiger partial charge < -0.3 is 5.32 Å². The summed E-state index contributed by atoms with van der Waals surface area (Å²) in [5.41, 5.74) is 2.73. The van der Waals surface area contributed by atoms with Gasteiger partial charge in [-0.2, -0.15) is 0 Å². The zero-order valence-electron chi connectivity index (χ0n) is 9.39. The fourth-order valence-corrected chi connectivity index (χ4v) is 3.01. The van der Waals surface area contributed by atoms with Crippen molar-refractivity contribution in [1.82, 2.24) is 5.32 Å². The van der Waals surface area contributed by atoms with E-state index in [4.69, 9.17) is 0 Å². The number of nitrogens with one attached hydrogen (secondary N) is 1. The average Bonchev–Trinajstić information content (AvgIpc) is 2.28. The molecule has 2 bridgehead atoms. The van der Waals surface area contributed by atoms with Gasteiger partial charge in [0.2, 0.25) is 0 Å². The van der Waals surface area contributed by atoms with Crippen molar-refractivity contribution >= 4 is 18.1 Å². The summed E-state index contributed by atoms with van der Waals surface area (Å²) in [6, 6.07) is 5.34. The van der Waals surface area contributed by atoms with Crippen LogP contribution in [0.1, 0.15) is 23.5 Å². The molecule has 5 heteroatoms. The molecule has 4 nitrogen and oxygen atoms in total. The van der Waals surface area contributed by atoms with Crippen LogP contribution in [0.5, 0.6) is 0 Å². The maximum atomic E-state index is 10.7. The van der Waals surface area contributed by atoms with Crippen LogP contribution in [0.15, 0.2) is 18.2 Å². The lowest BCUT2D eigenvalue weighted by Gasteiger charge is -2.36. The Balaban J connectivity index is 0.00000108. The molecule has 3 rings (SSSR count). The minimum Gasteiger partial charge on any atom is -0.316 e. The highest BCUT2D eigenvalue weighted by Crippen LogP contribution is 2.37. The van der Waals surface area contributed by atoms with Crippen LogP contribution in [0.25, 0.3) is 0 Å². The number of benzene rings is 1. The van der Waals surface area contributed by atoms with Crippen LogP contribution in [-0.4, -0.2) is 18.0 Å². The fourth-order valence-electron chi connectivity index (χ4n) is 3.01. The molecule has 1 aromatic carbocycles. The number of hydrogen-bond donors (Lipinski definition) is 1. The Morgan fingerprint density at radius 1 is 1.35 bits per heavy atom. The van der Waals surface area contributed by atoms with Gasteiger partial charge in [-0.3, -0.25) is 10.1 Å². The summed E-state index contributed by atoms with van der Waals surface area (Å²) in [5.74, 6) is 1.22. The molecule has 2 atom stereocenters. The summed E-state index contributed by atoms with van der Waals surface area (Å²) in [5, 5.41) is 14.2. The second kappa shape index (κ2) is 4.63. The average molecular weight is 255 g/mol. The topological polar surface area (TPSA) is 55.2 Å². The molecule has 0 saturated carbocycles. The van der Waals surface area contributed by atoms with Crippen molar-refractivity contribution in [3.05, 3.63) is 39.4 Å². The molecule has 0 spiro atoms. The fraction of sp³-hybridized carbons (Fsp3) is 0.500. The third kappa shape index (κ3) is 2.15. The highest BCUT2D eigenvalue weighted by Gasteiger charge is 2.30. The van der Waals surface area contributed by atoms with Crippen LogP contribution >= 0.6 is 12.4 Å². The van der Waals surface area contributed by atoms with E-state index < -0.39 is 0 Å². The molecular formula is C12H15ClN2O2. The quantitative estimate of drug-likeness (QED) is 0.618. The van der Waals surface area contributed by atoms with E-state index in [9.17, 15) is 10.1 Å². The van der Waals surface area contributed by atoms with Crippen LogP contribution in [-0.2, 0) is 6.42 Å². The highest BCUT2D eigenvalue weighted by molar-refractivity contribution is 5.85. The number of hydrogen-bond acceptors (Lipinski definition) is 3. The Hall–Kier alpha value is -1.13. The third-order valence-electron chi connectivity index (χ3n) is 3.73. The van der Waals surface area contributed by atoms with E-state index in [2.05, 4.69) is 5.32 Å². The van der Waals surface area contributed by atoms with Crippen molar-refractivity contribution in [3.63, 3.8) is 0 Å². The van der Waals surface area contributed by atoms with E-state index in [0.29, 0.717) is 11.8 Å². The molecule has 1 saturated heterocycles. The molecule has 1 fully saturated rings. The standard InChI is InChI=1S/C12H14N2O2.ClH/c15-14(16)11-1-2-12-9(5-11)3-8-4-10(12)7-13-6-8;/h1-2,5,8,10,13H,3-4,6-7H2;1H. The molecule has 0 amide bonds. The van der Waals surface area contributed by atoms with Crippen molar-refractivity contribution in [2.24, 2.45) is 5.92 Å². The second-order valence-electron chi connectivity index (χ2n) is 4.80. The number of nitrogens with zero attached hydrogens (tertiary/aromatic N) is 1. The Morgan fingerprint density at radius 2 is 2.18 bits per heavy atom. The van der Waals surface area contributed by atoms with Crippen LogP contribution in [0.3, 0.4) is 0 Å². The number of rotatable bonds is 1. The summed E-state index contributed by atoms with van der Waals surface area (Å²) >= 11 is 0. The highest BCUT2D eigenvalue weighted by atomic mass is 35.5. The normalized spacial score (nSPS) is 25.6. The van der Waals surface area contributed by atoms with Crippen LogP contribution < -0.4 is 5.32 Å². The van der Waals surface area contributed by atoms with Crippen molar-refractivity contribution in [1.29, 1.82) is 0 Å². The summed E-state index contributed by atoms with van der Waals surface area (Å²) in [4.78, 5) is 10.4. The molecule has 1 aromatic rings. The first-order valence-electron chi connectivity index (χ1n) is 5.72. The molecular weight excluding hydrogens is 240 g/mol. The van der Waals surface area contributed by atoms with Gasteiger partial charge in [-0.1, -0.05) is 6.07 Å². The molecule has 1 aliphatic heterocycles. The molecule has 2 aliphatic rings. The van der Waals surface area contributed by atoms with Crippen LogP contribution in [0.2, 0.25) is 0 Å². The lowest BCUT2D eigenvalue weighted by molar-refractivity contribution is -0.384. The van der Waals surface area contributed by atoms with E-state index in [0.717, 1.165) is 19.5 Å². The summed E-state index contributed by atoms with van der Waals surface area (Å²) < 4.78 is 0. The molecule has 92 valence electrons. The van der Waals surface area contributed by atoms with Gasteiger partial charge in [0.25, 0.3) is 5.69 Å². The Bertz CT molecular complexity index is 450. The number of nitro benzene ring substituents is 1. The number of non-ortho nitro benzene ring substituents is 1. The van der Waals surface area contributed by atoms with Gasteiger partial charge in [-0.05, 0) is 42.3 Å². The van der Waals surface area contributed by atoms with Crippen molar-refractivity contribution in [2.45, 2.75) is 18.8 Å². The second-order valence-corrected chi connectivity index (χ2v) is 4.80. The first kappa shape index (κ1) is 12.3. The first-order chi connectivity index (χ1) is 7.74. The largest absolute Gasteiger partial charge is 0.316 e. The van der Waals surface area contributed by atoms with Crippen LogP contribution in [0.4, 0.5) is 5.69 Å². The summed E-state index contributed by atoms with van der Waals surface area (Å²) in [7, 11) is 0. The molecule has 1 aliphatic carbocycles. The lowest BCUT2D eigenvalue weighted by Crippen LogP contribution is -2.39. The Morgan fingerprint density at radius 3 is 2.94 bits per heavy atom. The van der Waals surface area contributed by atoms with E-state index in [1.54, 1.807) is 12.1 Å². The first-order valence-corrected chi connectivity index (χ1v) is 5.72. The van der Waals surface area contributed by atoms with Crippen molar-refractivity contribution in [3.8, 4) is 0 Å². The summed E-state index contributed by atoms with van der Waals surface area (Å²) in [6.07, 6.45) is 2.22. The van der Waals surface area contributed by atoms with Crippen molar-refractivity contribution in [2.75, 3.05) is 13.1 Å². The summed E-state index contributed by atoms with van der Waals surface area (Å²) in [6.45, 7) is 2.07. The molecule has 2 unspecified atom stereocenters. The van der Waals surface area contributed by atoms with E-state index in [1.807, 2.05) is 6.07 Å². The number of piperidine rings is 1. The van der Waals surface area contributed by atoms with Crippen LogP contribution in [0, 0.1) is 16.0 Å². The Kier molecular flexibility index (Phi) is 3.35. The molecule has 0 radical (unpaired) electrons. The minimum absolute atomic E-state index is 0. The predicted molar refractivity (Wildman–Crippen MR) is 67.8 cm³/mol. The van der Waals surface area contributed by atoms with E-state index in [1.165, 1.54) is 17.5 Å². The van der Waals surface area contributed by atoms with Gasteiger partial charge in [0.15, 0.2) is 0 Å². The number of halogens is 1. The van der Waals surface area contributed by atoms with Gasteiger partial charge in [0.1, 0.15) is 0 Å². The van der Waals surface area contributed by atoms with Gasteiger partial charge in [0.05, 0.1) is 4.92 Å². The molecule has 1 heterocycles. The predicted octanol–water partition coefficient (Wildman–Crippen LogP) is 2.27. The van der Waals surface area contributed by atoms with E-state index >= 15 is 0 Å². The molecule has 0 aromatic heterocycles. The number of fused-ring (bicyclic) bond motifs is 4. The molecule has 1 N–H and O–H groups in total. The van der Waals surface area contributed by atoms with Gasteiger partial charge >= 0.3 is 0 Å². The van der Waals surface area contributed by atoms with Gasteiger partial charge in [-0.15, -0.1) is 12.4 Å². The zero-order valence-corrected chi connectivity index (χ0v) is 10.2. The maximum Gasteiger partial charge on any atom is 0.269 e. The minimum atomic E-state index is -0.303. The maximum absolute atomic E-state index is 10.7. The van der Waals surface area contributed by atoms with E-state index in [-0.39, 0.29) is 23.0 Å². The molecule has 17 heavy (non-hydrogen) atoms. The number of nitro groups is 1. The Labute approximate surface area is 106 Å². The van der Waals surface area contributed by atoms with Gasteiger partial charge in [-0.25, -0.2) is 0 Å². The zero-order chi connectivity index (χ0) is 11.1. The van der Waals surface area contributed by atoms with Crippen molar-refractivity contribution < 1.29 is 4.92 Å². The smallest absolute Gasteiger partial charge is 0.269 e. The van der Waals surface area contributed by atoms with Gasteiger partial charge in [0, 0.05) is 18.7 Å². The lowest BCUT2D eigenvalue weighted by atomic mass is 9.74. The monoisotopic (exact) mass is 254 g/mol. The SMILES string of the molecule is Cl.O=[N+]([O-])c1ccc2c(c1)CC1CNCC2C1.